The molecule has 26 heavy (non-hydrogen) atoms. The van der Waals surface area contributed by atoms with Gasteiger partial charge in [-0.2, -0.15) is 0 Å². The fourth-order valence-corrected chi connectivity index (χ4v) is 2.24. The summed E-state index contributed by atoms with van der Waals surface area (Å²) in [5, 5.41) is 2.71. The Morgan fingerprint density at radius 1 is 1.27 bits per heavy atom. The Balaban J connectivity index is 1.94. The van der Waals surface area contributed by atoms with E-state index in [2.05, 4.69) is 15.2 Å². The Hall–Kier alpha value is -2.32. The van der Waals surface area contributed by atoms with Gasteiger partial charge in [-0.3, -0.25) is 10.1 Å². The van der Waals surface area contributed by atoms with Crippen LogP contribution in [0, 0.1) is 0 Å². The predicted octanol–water partition coefficient (Wildman–Crippen LogP) is 1.51. The summed E-state index contributed by atoms with van der Waals surface area (Å²) < 4.78 is 21.4. The van der Waals surface area contributed by atoms with Gasteiger partial charge in [0.05, 0.1) is 6.61 Å². The predicted molar refractivity (Wildman–Crippen MR) is 97.9 cm³/mol. The average Bonchev–Trinajstić information content (AvgIpc) is 3.09. The normalized spacial score (nSPS) is 13.2. The summed E-state index contributed by atoms with van der Waals surface area (Å²) in [5.41, 5.74) is 0.448. The van der Waals surface area contributed by atoms with Gasteiger partial charge in [0.15, 0.2) is 11.5 Å². The van der Waals surface area contributed by atoms with Crippen molar-refractivity contribution >= 4 is 11.9 Å². The van der Waals surface area contributed by atoms with Crippen LogP contribution in [0.4, 0.5) is 0 Å². The summed E-state index contributed by atoms with van der Waals surface area (Å²) in [5.74, 6) is 0.873. The molecule has 1 aromatic carbocycles. The smallest absolute Gasteiger partial charge is 0.291 e. The average molecular weight is 365 g/mol. The molecule has 0 spiro atoms. The Kier molecular flexibility index (Phi) is 8.17. The molecule has 8 heteroatoms. The van der Waals surface area contributed by atoms with Gasteiger partial charge in [-0.25, -0.2) is 4.99 Å². The Morgan fingerprint density at radius 3 is 2.85 bits per heavy atom. The lowest BCUT2D eigenvalue weighted by atomic mass is 10.2. The molecule has 1 aromatic rings. The van der Waals surface area contributed by atoms with Crippen LogP contribution in [0.25, 0.3) is 0 Å². The summed E-state index contributed by atoms with van der Waals surface area (Å²) in [6.45, 7) is 4.92. The molecule has 1 heterocycles. The number of fused-ring (bicyclic) bond motifs is 1. The van der Waals surface area contributed by atoms with E-state index in [-0.39, 0.29) is 18.7 Å². The second-order valence-electron chi connectivity index (χ2n) is 5.91. The van der Waals surface area contributed by atoms with E-state index in [1.165, 1.54) is 0 Å². The fraction of sp³-hybridized carbons (Fsp3) is 0.556. The van der Waals surface area contributed by atoms with E-state index in [0.29, 0.717) is 43.4 Å². The highest BCUT2D eigenvalue weighted by molar-refractivity contribution is 6.04. The van der Waals surface area contributed by atoms with E-state index in [0.717, 1.165) is 13.0 Å². The number of amides is 1. The lowest BCUT2D eigenvalue weighted by molar-refractivity contribution is 0.0921. The lowest BCUT2D eigenvalue weighted by Crippen LogP contribution is -2.33. The number of hydrogen-bond donors (Lipinski definition) is 1. The monoisotopic (exact) mass is 365 g/mol. The molecule has 0 atom stereocenters. The zero-order valence-corrected chi connectivity index (χ0v) is 15.6. The maximum atomic E-state index is 12.5. The molecule has 8 nitrogen and oxygen atoms in total. The first-order valence-corrected chi connectivity index (χ1v) is 8.71. The van der Waals surface area contributed by atoms with Crippen LogP contribution in [0.2, 0.25) is 0 Å². The number of hydrogen-bond acceptors (Lipinski definition) is 7. The summed E-state index contributed by atoms with van der Waals surface area (Å²) in [4.78, 5) is 18.9. The summed E-state index contributed by atoms with van der Waals surface area (Å²) >= 11 is 0. The molecule has 1 N–H and O–H groups in total. The zero-order chi connectivity index (χ0) is 18.8. The molecule has 0 saturated heterocycles. The number of nitrogens with one attached hydrogen (secondary N) is 1. The van der Waals surface area contributed by atoms with Crippen LogP contribution in [-0.2, 0) is 9.47 Å². The molecule has 0 unspecified atom stereocenters. The van der Waals surface area contributed by atoms with Gasteiger partial charge in [0.25, 0.3) is 11.9 Å². The van der Waals surface area contributed by atoms with Crippen molar-refractivity contribution in [1.29, 1.82) is 0 Å². The van der Waals surface area contributed by atoms with E-state index in [1.807, 2.05) is 21.0 Å². The van der Waals surface area contributed by atoms with Crippen LogP contribution in [0.5, 0.6) is 11.5 Å². The number of benzene rings is 1. The second kappa shape index (κ2) is 10.6. The Morgan fingerprint density at radius 2 is 2.08 bits per heavy atom. The molecular weight excluding hydrogens is 338 g/mol. The number of carbonyl (C=O) groups excluding carboxylic acids is 1. The van der Waals surface area contributed by atoms with Crippen molar-refractivity contribution in [2.45, 2.75) is 13.3 Å². The van der Waals surface area contributed by atoms with Crippen LogP contribution in [0.1, 0.15) is 23.7 Å². The van der Waals surface area contributed by atoms with Crippen molar-refractivity contribution in [3.05, 3.63) is 23.8 Å². The molecule has 0 aliphatic carbocycles. The summed E-state index contributed by atoms with van der Waals surface area (Å²) in [6, 6.07) is 5.22. The first-order valence-electron chi connectivity index (χ1n) is 8.71. The first-order chi connectivity index (χ1) is 12.6. The highest BCUT2D eigenvalue weighted by atomic mass is 16.7. The van der Waals surface area contributed by atoms with Crippen molar-refractivity contribution in [2.75, 3.05) is 53.8 Å². The minimum atomic E-state index is -0.314. The summed E-state index contributed by atoms with van der Waals surface area (Å²) in [6.07, 6.45) is 0.866. The van der Waals surface area contributed by atoms with Gasteiger partial charge in [0, 0.05) is 18.7 Å². The number of nitrogens with zero attached hydrogens (tertiary/aromatic N) is 2. The molecule has 0 bridgehead atoms. The molecule has 0 fully saturated rings. The molecule has 1 amide bonds. The maximum absolute atomic E-state index is 12.5. The number of ether oxygens (including phenoxy) is 4. The van der Waals surface area contributed by atoms with Gasteiger partial charge < -0.3 is 23.8 Å². The maximum Gasteiger partial charge on any atom is 0.291 e. The van der Waals surface area contributed by atoms with E-state index in [1.54, 1.807) is 18.2 Å². The number of amidine groups is 1. The third-order valence-corrected chi connectivity index (χ3v) is 3.54. The van der Waals surface area contributed by atoms with Gasteiger partial charge in [-0.15, -0.1) is 0 Å². The van der Waals surface area contributed by atoms with Crippen LogP contribution in [0.15, 0.2) is 23.2 Å². The highest BCUT2D eigenvalue weighted by Gasteiger charge is 2.17. The van der Waals surface area contributed by atoms with E-state index < -0.39 is 0 Å². The fourth-order valence-electron chi connectivity index (χ4n) is 2.24. The van der Waals surface area contributed by atoms with Crippen LogP contribution in [-0.4, -0.2) is 70.6 Å². The molecular formula is C18H27N3O5. The highest BCUT2D eigenvalue weighted by Crippen LogP contribution is 2.32. The molecule has 1 aliphatic heterocycles. The van der Waals surface area contributed by atoms with Crippen LogP contribution >= 0.6 is 0 Å². The topological polar surface area (TPSA) is 81.6 Å². The summed E-state index contributed by atoms with van der Waals surface area (Å²) in [7, 11) is 4.01. The third-order valence-electron chi connectivity index (χ3n) is 3.54. The Bertz CT molecular complexity index is 619. The van der Waals surface area contributed by atoms with Gasteiger partial charge in [0.1, 0.15) is 6.61 Å². The number of rotatable bonds is 9. The van der Waals surface area contributed by atoms with E-state index >= 15 is 0 Å². The molecule has 0 radical (unpaired) electrons. The van der Waals surface area contributed by atoms with Gasteiger partial charge in [0.2, 0.25) is 6.79 Å². The Labute approximate surface area is 154 Å². The standard InChI is InChI=1S/C18H27N3O5/c1-4-23-10-11-24-18(19-8-5-9-21(2)3)20-17(22)14-6-7-15-16(12-14)26-13-25-15/h6-7,12H,4-5,8-11,13H2,1-3H3,(H,19,20,22). The van der Waals surface area contributed by atoms with Gasteiger partial charge >= 0.3 is 0 Å². The lowest BCUT2D eigenvalue weighted by Gasteiger charge is -2.12. The van der Waals surface area contributed by atoms with Crippen molar-refractivity contribution in [1.82, 2.24) is 10.2 Å². The number of aliphatic imine (C=N–C) groups is 1. The second-order valence-corrected chi connectivity index (χ2v) is 5.91. The van der Waals surface area contributed by atoms with Crippen LogP contribution in [0.3, 0.4) is 0 Å². The van der Waals surface area contributed by atoms with Crippen molar-refractivity contribution < 1.29 is 23.7 Å². The SMILES string of the molecule is CCOCCOC(=NCCCN(C)C)NC(=O)c1ccc2c(c1)OCO2. The van der Waals surface area contributed by atoms with Crippen LogP contribution < -0.4 is 14.8 Å². The number of carbonyl (C=O) groups is 1. The van der Waals surface area contributed by atoms with Crippen molar-refractivity contribution in [3.63, 3.8) is 0 Å². The van der Waals surface area contributed by atoms with Crippen molar-refractivity contribution in [2.24, 2.45) is 4.99 Å². The first kappa shape index (κ1) is 20.0. The van der Waals surface area contributed by atoms with Gasteiger partial charge in [-0.1, -0.05) is 0 Å². The molecule has 0 aromatic heterocycles. The molecule has 1 aliphatic rings. The largest absolute Gasteiger partial charge is 0.463 e. The van der Waals surface area contributed by atoms with Gasteiger partial charge in [-0.05, 0) is 52.2 Å². The zero-order valence-electron chi connectivity index (χ0n) is 15.6. The quantitative estimate of drug-likeness (QED) is 0.406. The molecule has 144 valence electrons. The minimum absolute atomic E-state index is 0.166. The van der Waals surface area contributed by atoms with Crippen molar-refractivity contribution in [3.8, 4) is 11.5 Å². The molecule has 2 rings (SSSR count). The third kappa shape index (κ3) is 6.53. The van der Waals surface area contributed by atoms with E-state index in [9.17, 15) is 4.79 Å². The van der Waals surface area contributed by atoms with E-state index in [4.69, 9.17) is 18.9 Å². The molecule has 0 saturated carbocycles. The minimum Gasteiger partial charge on any atom is -0.463 e.